The van der Waals surface area contributed by atoms with Crippen LogP contribution in [0.1, 0.15) is 0 Å². The molecular formula is C3H3NO2S. The number of carbonyl (C=O) groups excluding carboxylic acids is 1. The first-order chi connectivity index (χ1) is 3.34. The maximum Gasteiger partial charge on any atom is 0.263 e. The highest BCUT2D eigenvalue weighted by Gasteiger charge is 2.12. The third kappa shape index (κ3) is 0.564. The number of carbonyl (C=O) groups is 1. The third-order valence-corrected chi connectivity index (χ3v) is 1.18. The van der Waals surface area contributed by atoms with Crippen molar-refractivity contribution in [3.63, 3.8) is 0 Å². The molecule has 0 saturated carbocycles. The number of hydrogen-bond donors (Lipinski definition) is 1. The molecule has 0 aromatic carbocycles. The number of thiol groups is 1. The lowest BCUT2D eigenvalue weighted by Crippen LogP contribution is -2.26. The molecule has 0 aromatic heterocycles. The van der Waals surface area contributed by atoms with Gasteiger partial charge in [0.2, 0.25) is 0 Å². The van der Waals surface area contributed by atoms with Gasteiger partial charge >= 0.3 is 0 Å². The first-order valence-corrected chi connectivity index (χ1v) is 2.46. The van der Waals surface area contributed by atoms with E-state index in [1.807, 2.05) is 0 Å². The molecule has 0 atom stereocenters. The maximum absolute atomic E-state index is 10.1. The lowest BCUT2D eigenvalue weighted by atomic mass is 10.4. The van der Waals surface area contributed by atoms with Crippen molar-refractivity contribution < 1.29 is 9.00 Å². The largest absolute Gasteiger partial charge is 0.268 e. The van der Waals surface area contributed by atoms with Crippen molar-refractivity contribution in [1.82, 2.24) is 4.31 Å². The van der Waals surface area contributed by atoms with Gasteiger partial charge in [-0.25, -0.2) is 8.51 Å². The average molecular weight is 117 g/mol. The Morgan fingerprint density at radius 3 is 2.43 bits per heavy atom. The molecular weight excluding hydrogens is 114 g/mol. The fraction of sp³-hybridized carbons (Fsp3) is 0. The van der Waals surface area contributed by atoms with E-state index in [9.17, 15) is 9.00 Å². The molecule has 0 radical (unpaired) electrons. The van der Waals surface area contributed by atoms with Crippen molar-refractivity contribution in [3.05, 3.63) is 12.3 Å². The van der Waals surface area contributed by atoms with Gasteiger partial charge in [-0.05, 0) is 0 Å². The van der Waals surface area contributed by atoms with E-state index in [1.165, 1.54) is 12.3 Å². The maximum atomic E-state index is 10.1. The van der Waals surface area contributed by atoms with Crippen molar-refractivity contribution in [2.24, 2.45) is 0 Å². The minimum absolute atomic E-state index is 0.198. The summed E-state index contributed by atoms with van der Waals surface area (Å²) in [7, 11) is 0. The molecule has 7 heavy (non-hydrogen) atoms. The first-order valence-electron chi connectivity index (χ1n) is 1.69. The second kappa shape index (κ2) is 1.46. The Morgan fingerprint density at radius 2 is 2.43 bits per heavy atom. The molecule has 0 bridgehead atoms. The van der Waals surface area contributed by atoms with Crippen LogP contribution in [-0.2, 0) is 16.6 Å². The van der Waals surface area contributed by atoms with Crippen molar-refractivity contribution in [2.75, 3.05) is 0 Å². The Bertz CT molecular complexity index is 142. The minimum atomic E-state index is -0.244. The van der Waals surface area contributed by atoms with Crippen LogP contribution in [0.4, 0.5) is 0 Å². The van der Waals surface area contributed by atoms with Crippen LogP contribution in [0.5, 0.6) is 0 Å². The normalized spacial score (nSPS) is 17.1. The Kier molecular flexibility index (Phi) is 0.941. The van der Waals surface area contributed by atoms with E-state index in [2.05, 4.69) is 0 Å². The molecule has 0 aliphatic carbocycles. The smallest absolute Gasteiger partial charge is 0.263 e. The Labute approximate surface area is 44.2 Å². The summed E-state index contributed by atoms with van der Waals surface area (Å²) in [5.41, 5.74) is 0. The molecule has 0 aromatic rings. The zero-order chi connectivity index (χ0) is 5.28. The summed E-state index contributed by atoms with van der Waals surface area (Å²) in [5, 5.41) is 0. The number of nitrogens with zero attached hydrogens (tertiary/aromatic N) is 1. The van der Waals surface area contributed by atoms with Crippen LogP contribution >= 0.6 is 0 Å². The van der Waals surface area contributed by atoms with Crippen LogP contribution in [0.25, 0.3) is 0 Å². The number of amides is 1. The molecule has 0 spiro atoms. The molecule has 0 N–H and O–H groups in total. The third-order valence-electron chi connectivity index (χ3n) is 0.672. The SMILES string of the molecule is O=[SH]N1C=CC1=O. The highest BCUT2D eigenvalue weighted by atomic mass is 32.2. The molecule has 1 amide bonds. The Balaban J connectivity index is 2.65. The standard InChI is InChI=1S/C3H3NO2S/c5-3-1-2-4(3)7-6/h1-2,7H. The molecule has 38 valence electrons. The summed E-state index contributed by atoms with van der Waals surface area (Å²) in [6, 6.07) is 0. The van der Waals surface area contributed by atoms with Gasteiger partial charge in [0.05, 0.1) is 0 Å². The van der Waals surface area contributed by atoms with Crippen LogP contribution in [0.3, 0.4) is 0 Å². The van der Waals surface area contributed by atoms with Crippen molar-refractivity contribution in [2.45, 2.75) is 0 Å². The second-order valence-corrected chi connectivity index (χ2v) is 1.67. The summed E-state index contributed by atoms with van der Waals surface area (Å²) in [4.78, 5) is 10.1. The van der Waals surface area contributed by atoms with E-state index in [1.54, 1.807) is 0 Å². The van der Waals surface area contributed by atoms with Gasteiger partial charge in [-0.15, -0.1) is 0 Å². The fourth-order valence-corrected chi connectivity index (χ4v) is 0.538. The van der Waals surface area contributed by atoms with E-state index in [4.69, 9.17) is 0 Å². The molecule has 3 nitrogen and oxygen atoms in total. The van der Waals surface area contributed by atoms with Crippen LogP contribution in [-0.4, -0.2) is 14.4 Å². The highest BCUT2D eigenvalue weighted by Crippen LogP contribution is 1.99. The molecule has 1 aliphatic heterocycles. The van der Waals surface area contributed by atoms with E-state index in [0.29, 0.717) is 0 Å². The Hall–Kier alpha value is -0.640. The van der Waals surface area contributed by atoms with E-state index < -0.39 is 0 Å². The summed E-state index contributed by atoms with van der Waals surface area (Å²) in [6.45, 7) is 0. The van der Waals surface area contributed by atoms with Crippen LogP contribution in [0.2, 0.25) is 0 Å². The number of rotatable bonds is 1. The highest BCUT2D eigenvalue weighted by molar-refractivity contribution is 7.64. The quantitative estimate of drug-likeness (QED) is 0.457. The molecule has 1 aliphatic rings. The molecule has 0 unspecified atom stereocenters. The van der Waals surface area contributed by atoms with Gasteiger partial charge in [0.15, 0.2) is 0 Å². The average Bonchev–Trinajstić information content (AvgIpc) is 1.65. The molecule has 1 heterocycles. The molecule has 1 rings (SSSR count). The van der Waals surface area contributed by atoms with Crippen LogP contribution in [0.15, 0.2) is 12.3 Å². The summed E-state index contributed by atoms with van der Waals surface area (Å²) in [6.07, 6.45) is 2.81. The summed E-state index contributed by atoms with van der Waals surface area (Å²) in [5.74, 6) is -0.198. The topological polar surface area (TPSA) is 37.4 Å². The predicted molar refractivity (Wildman–Crippen MR) is 25.5 cm³/mol. The lowest BCUT2D eigenvalue weighted by Gasteiger charge is -2.12. The molecule has 0 fully saturated rings. The van der Waals surface area contributed by atoms with Gasteiger partial charge in [-0.2, -0.15) is 0 Å². The molecule has 0 saturated heterocycles. The van der Waals surface area contributed by atoms with Gasteiger partial charge in [-0.1, -0.05) is 0 Å². The van der Waals surface area contributed by atoms with Gasteiger partial charge in [0, 0.05) is 12.3 Å². The van der Waals surface area contributed by atoms with Gasteiger partial charge in [-0.3, -0.25) is 4.79 Å². The van der Waals surface area contributed by atoms with Gasteiger partial charge in [0.1, 0.15) is 11.9 Å². The summed E-state index contributed by atoms with van der Waals surface area (Å²) >= 11 is -0.244. The Morgan fingerprint density at radius 1 is 1.71 bits per heavy atom. The lowest BCUT2D eigenvalue weighted by molar-refractivity contribution is -0.121. The van der Waals surface area contributed by atoms with Crippen molar-refractivity contribution in [3.8, 4) is 0 Å². The zero-order valence-electron chi connectivity index (χ0n) is 3.37. The minimum Gasteiger partial charge on any atom is -0.268 e. The molecule has 4 heteroatoms. The van der Waals surface area contributed by atoms with E-state index >= 15 is 0 Å². The monoisotopic (exact) mass is 117 g/mol. The van der Waals surface area contributed by atoms with E-state index in [-0.39, 0.29) is 17.8 Å². The van der Waals surface area contributed by atoms with E-state index in [0.717, 1.165) is 4.31 Å². The predicted octanol–water partition coefficient (Wildman–Crippen LogP) is -0.797. The van der Waals surface area contributed by atoms with Crippen LogP contribution < -0.4 is 0 Å². The van der Waals surface area contributed by atoms with Crippen molar-refractivity contribution >= 4 is 17.8 Å². The van der Waals surface area contributed by atoms with Gasteiger partial charge < -0.3 is 0 Å². The zero-order valence-corrected chi connectivity index (χ0v) is 4.26. The van der Waals surface area contributed by atoms with Crippen molar-refractivity contribution in [1.29, 1.82) is 0 Å². The number of hydrogen-bond acceptors (Lipinski definition) is 2. The second-order valence-electron chi connectivity index (χ2n) is 1.08. The van der Waals surface area contributed by atoms with Crippen LogP contribution in [0, 0.1) is 0 Å². The first kappa shape index (κ1) is 4.52. The summed E-state index contributed by atoms with van der Waals surface area (Å²) < 4.78 is 10.8. The fourth-order valence-electron chi connectivity index (χ4n) is 0.270. The van der Waals surface area contributed by atoms with Gasteiger partial charge in [0.25, 0.3) is 5.91 Å².